The molecular weight excluding hydrogens is 382 g/mol. The Morgan fingerprint density at radius 2 is 1.69 bits per heavy atom. The Morgan fingerprint density at radius 1 is 1.07 bits per heavy atom. The standard InChI is InChI=1S/C23H25F4NO/c1-15(16-3-2-4-20(9-16)23(25,26)27)12-28-13-17-10-22(29,11-18(17)14-28)19-5-7-21(24)8-6-19/h2-9,15,17-18,29H,10-14H2,1H3/t15?,17-,18+,22-. The van der Waals surface area contributed by atoms with Gasteiger partial charge in [-0.2, -0.15) is 13.2 Å². The van der Waals surface area contributed by atoms with E-state index in [0.717, 1.165) is 24.7 Å². The van der Waals surface area contributed by atoms with E-state index in [9.17, 15) is 22.7 Å². The lowest BCUT2D eigenvalue weighted by Crippen LogP contribution is -2.30. The van der Waals surface area contributed by atoms with Crippen LogP contribution in [0.25, 0.3) is 0 Å². The number of alkyl halides is 3. The third-order valence-electron chi connectivity index (χ3n) is 6.55. The normalized spacial score (nSPS) is 28.5. The SMILES string of the molecule is CC(CN1C[C@@H]2C[C@@](O)(c3ccc(F)cc3)C[C@@H]2C1)c1cccc(C(F)(F)F)c1. The minimum Gasteiger partial charge on any atom is -0.385 e. The number of fused-ring (bicyclic) bond motifs is 1. The number of likely N-dealkylation sites (tertiary alicyclic amines) is 1. The molecule has 2 aromatic carbocycles. The van der Waals surface area contributed by atoms with Crippen LogP contribution in [0.3, 0.4) is 0 Å². The lowest BCUT2D eigenvalue weighted by atomic mass is 9.90. The summed E-state index contributed by atoms with van der Waals surface area (Å²) >= 11 is 0. The predicted molar refractivity (Wildman–Crippen MR) is 103 cm³/mol. The van der Waals surface area contributed by atoms with Crippen molar-refractivity contribution in [2.75, 3.05) is 19.6 Å². The van der Waals surface area contributed by atoms with Gasteiger partial charge in [0.05, 0.1) is 11.2 Å². The summed E-state index contributed by atoms with van der Waals surface area (Å²) < 4.78 is 52.1. The van der Waals surface area contributed by atoms with Gasteiger partial charge in [-0.1, -0.05) is 37.3 Å². The van der Waals surface area contributed by atoms with Gasteiger partial charge in [0.15, 0.2) is 0 Å². The van der Waals surface area contributed by atoms with E-state index in [0.29, 0.717) is 36.8 Å². The highest BCUT2D eigenvalue weighted by Crippen LogP contribution is 2.49. The molecule has 2 fully saturated rings. The van der Waals surface area contributed by atoms with Crippen LogP contribution >= 0.6 is 0 Å². The summed E-state index contributed by atoms with van der Waals surface area (Å²) in [4.78, 5) is 2.30. The number of aliphatic hydroxyl groups is 1. The molecule has 1 saturated carbocycles. The first-order valence-electron chi connectivity index (χ1n) is 10.0. The summed E-state index contributed by atoms with van der Waals surface area (Å²) in [6.45, 7) is 4.32. The summed E-state index contributed by atoms with van der Waals surface area (Å²) in [5, 5.41) is 11.1. The van der Waals surface area contributed by atoms with Gasteiger partial charge >= 0.3 is 6.18 Å². The van der Waals surface area contributed by atoms with E-state index in [4.69, 9.17) is 0 Å². The van der Waals surface area contributed by atoms with E-state index in [1.54, 1.807) is 18.2 Å². The Morgan fingerprint density at radius 3 is 2.28 bits per heavy atom. The van der Waals surface area contributed by atoms with Crippen molar-refractivity contribution in [3.63, 3.8) is 0 Å². The number of hydrogen-bond donors (Lipinski definition) is 1. The van der Waals surface area contributed by atoms with Crippen LogP contribution in [0.4, 0.5) is 17.6 Å². The predicted octanol–water partition coefficient (Wildman–Crippen LogP) is 5.18. The van der Waals surface area contributed by atoms with Crippen LogP contribution in [0.5, 0.6) is 0 Å². The van der Waals surface area contributed by atoms with E-state index < -0.39 is 17.3 Å². The Bertz CT molecular complexity index is 850. The highest BCUT2D eigenvalue weighted by atomic mass is 19.4. The first kappa shape index (κ1) is 20.4. The van der Waals surface area contributed by atoms with Crippen LogP contribution in [-0.4, -0.2) is 29.6 Å². The minimum absolute atomic E-state index is 0.00731. The number of halogens is 4. The Hall–Kier alpha value is -1.92. The van der Waals surface area contributed by atoms with E-state index in [2.05, 4.69) is 4.90 Å². The second-order valence-electron chi connectivity index (χ2n) is 8.71. The maximum Gasteiger partial charge on any atom is 0.416 e. The molecule has 4 rings (SSSR count). The maximum absolute atomic E-state index is 13.2. The third-order valence-corrected chi connectivity index (χ3v) is 6.55. The third kappa shape index (κ3) is 4.19. The topological polar surface area (TPSA) is 23.5 Å². The molecule has 156 valence electrons. The second kappa shape index (κ2) is 7.40. The van der Waals surface area contributed by atoms with Crippen molar-refractivity contribution in [1.82, 2.24) is 4.90 Å². The molecule has 0 amide bonds. The summed E-state index contributed by atoms with van der Waals surface area (Å²) in [6.07, 6.45) is -3.05. The van der Waals surface area contributed by atoms with Gasteiger partial charge in [0.1, 0.15) is 5.82 Å². The molecule has 2 aliphatic rings. The van der Waals surface area contributed by atoms with Crippen LogP contribution in [0.1, 0.15) is 42.4 Å². The molecule has 1 unspecified atom stereocenters. The van der Waals surface area contributed by atoms with Crippen LogP contribution in [-0.2, 0) is 11.8 Å². The molecule has 4 atom stereocenters. The summed E-state index contributed by atoms with van der Waals surface area (Å²) in [5.41, 5.74) is -0.0664. The lowest BCUT2D eigenvalue weighted by molar-refractivity contribution is -0.137. The van der Waals surface area contributed by atoms with Gasteiger partial charge in [0.2, 0.25) is 0 Å². The average Bonchev–Trinajstić information content (AvgIpc) is 3.16. The minimum atomic E-state index is -4.33. The summed E-state index contributed by atoms with van der Waals surface area (Å²) in [7, 11) is 0. The number of nitrogens with zero attached hydrogens (tertiary/aromatic N) is 1. The van der Waals surface area contributed by atoms with Gasteiger partial charge in [0.25, 0.3) is 0 Å². The highest BCUT2D eigenvalue weighted by molar-refractivity contribution is 5.29. The van der Waals surface area contributed by atoms with Crippen molar-refractivity contribution < 1.29 is 22.7 Å². The van der Waals surface area contributed by atoms with Crippen molar-refractivity contribution in [1.29, 1.82) is 0 Å². The molecule has 0 spiro atoms. The van der Waals surface area contributed by atoms with Gasteiger partial charge in [-0.15, -0.1) is 0 Å². The van der Waals surface area contributed by atoms with E-state index in [1.807, 2.05) is 6.92 Å². The fourth-order valence-electron chi connectivity index (χ4n) is 5.11. The van der Waals surface area contributed by atoms with E-state index >= 15 is 0 Å². The zero-order valence-corrected chi connectivity index (χ0v) is 16.3. The van der Waals surface area contributed by atoms with Crippen LogP contribution in [0, 0.1) is 17.7 Å². The van der Waals surface area contributed by atoms with Crippen molar-refractivity contribution in [3.8, 4) is 0 Å². The molecule has 6 heteroatoms. The molecule has 0 radical (unpaired) electrons. The van der Waals surface area contributed by atoms with E-state index in [-0.39, 0.29) is 11.7 Å². The number of rotatable bonds is 4. The Kier molecular flexibility index (Phi) is 5.20. The molecule has 0 bridgehead atoms. The summed E-state index contributed by atoms with van der Waals surface area (Å²) in [5.74, 6) is 0.370. The van der Waals surface area contributed by atoms with Crippen molar-refractivity contribution in [2.45, 2.75) is 37.5 Å². The van der Waals surface area contributed by atoms with Gasteiger partial charge < -0.3 is 10.0 Å². The van der Waals surface area contributed by atoms with Gasteiger partial charge in [-0.05, 0) is 59.9 Å². The first-order chi connectivity index (χ1) is 13.6. The second-order valence-corrected chi connectivity index (χ2v) is 8.71. The molecule has 1 saturated heterocycles. The fraction of sp³-hybridized carbons (Fsp3) is 0.478. The molecule has 0 aromatic heterocycles. The Balaban J connectivity index is 1.38. The smallest absolute Gasteiger partial charge is 0.385 e. The molecular formula is C23H25F4NO. The molecule has 2 nitrogen and oxygen atoms in total. The number of hydrogen-bond acceptors (Lipinski definition) is 2. The molecule has 1 heterocycles. The molecule has 1 N–H and O–H groups in total. The zero-order chi connectivity index (χ0) is 20.8. The van der Waals surface area contributed by atoms with Gasteiger partial charge in [-0.25, -0.2) is 4.39 Å². The highest BCUT2D eigenvalue weighted by Gasteiger charge is 2.49. The molecule has 1 aliphatic carbocycles. The van der Waals surface area contributed by atoms with Crippen LogP contribution < -0.4 is 0 Å². The van der Waals surface area contributed by atoms with Crippen LogP contribution in [0.15, 0.2) is 48.5 Å². The summed E-state index contributed by atoms with van der Waals surface area (Å²) in [6, 6.07) is 11.6. The maximum atomic E-state index is 13.2. The molecule has 2 aromatic rings. The molecule has 1 aliphatic heterocycles. The molecule has 29 heavy (non-hydrogen) atoms. The Labute approximate surface area is 168 Å². The quantitative estimate of drug-likeness (QED) is 0.706. The lowest BCUT2D eigenvalue weighted by Gasteiger charge is -2.27. The largest absolute Gasteiger partial charge is 0.416 e. The monoisotopic (exact) mass is 407 g/mol. The van der Waals surface area contributed by atoms with Crippen molar-refractivity contribution in [3.05, 3.63) is 71.0 Å². The van der Waals surface area contributed by atoms with Gasteiger partial charge in [0, 0.05) is 19.6 Å². The van der Waals surface area contributed by atoms with Crippen molar-refractivity contribution >= 4 is 0 Å². The zero-order valence-electron chi connectivity index (χ0n) is 16.3. The van der Waals surface area contributed by atoms with E-state index in [1.165, 1.54) is 24.3 Å². The first-order valence-corrected chi connectivity index (χ1v) is 10.0. The van der Waals surface area contributed by atoms with Crippen molar-refractivity contribution in [2.24, 2.45) is 11.8 Å². The fourth-order valence-corrected chi connectivity index (χ4v) is 5.11. The average molecular weight is 407 g/mol. The van der Waals surface area contributed by atoms with Gasteiger partial charge in [-0.3, -0.25) is 0 Å². The number of benzene rings is 2. The van der Waals surface area contributed by atoms with Crippen LogP contribution in [0.2, 0.25) is 0 Å².